The fourth-order valence-corrected chi connectivity index (χ4v) is 1.53. The Labute approximate surface area is 86.6 Å². The Morgan fingerprint density at radius 3 is 2.64 bits per heavy atom. The number of amides is 1. The van der Waals surface area contributed by atoms with Gasteiger partial charge in [-0.15, -0.1) is 0 Å². The Hall–Kier alpha value is -0.570. The van der Waals surface area contributed by atoms with Crippen LogP contribution < -0.4 is 10.6 Å². The SMILES string of the molecule is CCC(C)(C)C(=O)NC1(C)CCNC1. The molecule has 0 aromatic rings. The lowest BCUT2D eigenvalue weighted by Crippen LogP contribution is -2.51. The van der Waals surface area contributed by atoms with Gasteiger partial charge in [-0.2, -0.15) is 0 Å². The van der Waals surface area contributed by atoms with Crippen LogP contribution in [0, 0.1) is 5.41 Å². The number of hydrogen-bond donors (Lipinski definition) is 2. The molecule has 0 aromatic heterocycles. The van der Waals surface area contributed by atoms with Gasteiger partial charge in [0.05, 0.1) is 5.54 Å². The smallest absolute Gasteiger partial charge is 0.226 e. The number of hydrogen-bond acceptors (Lipinski definition) is 2. The molecule has 1 unspecified atom stereocenters. The third-order valence-corrected chi connectivity index (χ3v) is 3.28. The average molecular weight is 198 g/mol. The minimum atomic E-state index is -0.244. The van der Waals surface area contributed by atoms with Gasteiger partial charge >= 0.3 is 0 Å². The lowest BCUT2D eigenvalue weighted by atomic mass is 9.87. The van der Waals surface area contributed by atoms with Gasteiger partial charge in [0.2, 0.25) is 5.91 Å². The fourth-order valence-electron chi connectivity index (χ4n) is 1.53. The summed E-state index contributed by atoms with van der Waals surface area (Å²) in [7, 11) is 0. The number of rotatable bonds is 3. The molecule has 0 aromatic carbocycles. The molecule has 3 heteroatoms. The number of nitrogens with one attached hydrogen (secondary N) is 2. The molecule has 1 aliphatic heterocycles. The first-order valence-corrected chi connectivity index (χ1v) is 5.43. The third kappa shape index (κ3) is 2.47. The van der Waals surface area contributed by atoms with E-state index in [2.05, 4.69) is 24.5 Å². The van der Waals surface area contributed by atoms with E-state index in [0.29, 0.717) is 0 Å². The molecule has 1 rings (SSSR count). The van der Waals surface area contributed by atoms with Crippen LogP contribution in [0.25, 0.3) is 0 Å². The van der Waals surface area contributed by atoms with Gasteiger partial charge in [-0.3, -0.25) is 4.79 Å². The highest BCUT2D eigenvalue weighted by molar-refractivity contribution is 5.82. The van der Waals surface area contributed by atoms with Crippen LogP contribution in [-0.2, 0) is 4.79 Å². The van der Waals surface area contributed by atoms with E-state index in [-0.39, 0.29) is 16.9 Å². The maximum absolute atomic E-state index is 11.9. The predicted molar refractivity (Wildman–Crippen MR) is 58.1 cm³/mol. The Morgan fingerprint density at radius 2 is 2.21 bits per heavy atom. The molecule has 1 fully saturated rings. The van der Waals surface area contributed by atoms with Crippen LogP contribution >= 0.6 is 0 Å². The van der Waals surface area contributed by atoms with Gasteiger partial charge in [0.1, 0.15) is 0 Å². The second kappa shape index (κ2) is 3.89. The number of carbonyl (C=O) groups excluding carboxylic acids is 1. The molecule has 0 aliphatic carbocycles. The zero-order valence-corrected chi connectivity index (χ0v) is 9.74. The van der Waals surface area contributed by atoms with Crippen molar-refractivity contribution in [3.05, 3.63) is 0 Å². The van der Waals surface area contributed by atoms with E-state index < -0.39 is 0 Å². The Bertz CT molecular complexity index is 217. The van der Waals surface area contributed by atoms with E-state index in [1.165, 1.54) is 0 Å². The van der Waals surface area contributed by atoms with Gasteiger partial charge in [-0.1, -0.05) is 20.8 Å². The van der Waals surface area contributed by atoms with E-state index in [4.69, 9.17) is 0 Å². The molecule has 1 saturated heterocycles. The van der Waals surface area contributed by atoms with Crippen molar-refractivity contribution in [1.29, 1.82) is 0 Å². The van der Waals surface area contributed by atoms with E-state index in [1.54, 1.807) is 0 Å². The summed E-state index contributed by atoms with van der Waals surface area (Å²) in [6.07, 6.45) is 1.90. The Morgan fingerprint density at radius 1 is 1.57 bits per heavy atom. The van der Waals surface area contributed by atoms with Crippen molar-refractivity contribution in [3.8, 4) is 0 Å². The first-order valence-electron chi connectivity index (χ1n) is 5.43. The summed E-state index contributed by atoms with van der Waals surface area (Å²) in [5, 5.41) is 6.42. The van der Waals surface area contributed by atoms with Crippen LogP contribution in [0.15, 0.2) is 0 Å². The highest BCUT2D eigenvalue weighted by Gasteiger charge is 2.34. The minimum Gasteiger partial charge on any atom is -0.349 e. The maximum Gasteiger partial charge on any atom is 0.226 e. The van der Waals surface area contributed by atoms with Crippen molar-refractivity contribution in [2.75, 3.05) is 13.1 Å². The molecular formula is C11H22N2O. The first kappa shape index (κ1) is 11.5. The Kier molecular flexibility index (Phi) is 3.20. The second-order valence-corrected chi connectivity index (χ2v) is 5.18. The molecule has 0 saturated carbocycles. The normalized spacial score (nSPS) is 27.7. The van der Waals surface area contributed by atoms with E-state index in [9.17, 15) is 4.79 Å². The van der Waals surface area contributed by atoms with Crippen molar-refractivity contribution in [1.82, 2.24) is 10.6 Å². The van der Waals surface area contributed by atoms with Crippen molar-refractivity contribution < 1.29 is 4.79 Å². The largest absolute Gasteiger partial charge is 0.349 e. The number of carbonyl (C=O) groups is 1. The molecule has 0 radical (unpaired) electrons. The summed E-state index contributed by atoms with van der Waals surface area (Å²) < 4.78 is 0. The molecule has 3 nitrogen and oxygen atoms in total. The Balaban J connectivity index is 2.55. The van der Waals surface area contributed by atoms with Gasteiger partial charge in [-0.25, -0.2) is 0 Å². The summed E-state index contributed by atoms with van der Waals surface area (Å²) in [4.78, 5) is 11.9. The summed E-state index contributed by atoms with van der Waals surface area (Å²) >= 11 is 0. The lowest BCUT2D eigenvalue weighted by molar-refractivity contribution is -0.131. The minimum absolute atomic E-state index is 0.0382. The van der Waals surface area contributed by atoms with Crippen LogP contribution in [0.1, 0.15) is 40.5 Å². The highest BCUT2D eigenvalue weighted by Crippen LogP contribution is 2.22. The zero-order valence-electron chi connectivity index (χ0n) is 9.74. The molecule has 1 atom stereocenters. The summed E-state index contributed by atoms with van der Waals surface area (Å²) in [5.41, 5.74) is -0.283. The third-order valence-electron chi connectivity index (χ3n) is 3.28. The van der Waals surface area contributed by atoms with Crippen molar-refractivity contribution in [2.24, 2.45) is 5.41 Å². The molecule has 1 amide bonds. The average Bonchev–Trinajstić information content (AvgIpc) is 2.52. The van der Waals surface area contributed by atoms with Crippen LogP contribution in [0.5, 0.6) is 0 Å². The summed E-state index contributed by atoms with van der Waals surface area (Å²) in [6, 6.07) is 0. The molecule has 1 heterocycles. The van der Waals surface area contributed by atoms with E-state index >= 15 is 0 Å². The topological polar surface area (TPSA) is 41.1 Å². The highest BCUT2D eigenvalue weighted by atomic mass is 16.2. The molecular weight excluding hydrogens is 176 g/mol. The molecule has 1 aliphatic rings. The van der Waals surface area contributed by atoms with Gasteiger partial charge < -0.3 is 10.6 Å². The van der Waals surface area contributed by atoms with Crippen LogP contribution in [-0.4, -0.2) is 24.5 Å². The van der Waals surface area contributed by atoms with Crippen molar-refractivity contribution in [3.63, 3.8) is 0 Å². The van der Waals surface area contributed by atoms with Crippen LogP contribution in [0.3, 0.4) is 0 Å². The molecule has 2 N–H and O–H groups in total. The molecule has 0 bridgehead atoms. The van der Waals surface area contributed by atoms with Gasteiger partial charge in [0.25, 0.3) is 0 Å². The van der Waals surface area contributed by atoms with Crippen molar-refractivity contribution in [2.45, 2.75) is 46.1 Å². The van der Waals surface area contributed by atoms with Crippen LogP contribution in [0.2, 0.25) is 0 Å². The van der Waals surface area contributed by atoms with Gasteiger partial charge in [0.15, 0.2) is 0 Å². The van der Waals surface area contributed by atoms with E-state index in [1.807, 2.05) is 13.8 Å². The fraction of sp³-hybridized carbons (Fsp3) is 0.909. The van der Waals surface area contributed by atoms with Gasteiger partial charge in [-0.05, 0) is 26.3 Å². The predicted octanol–water partition coefficient (Wildman–Crippen LogP) is 1.29. The van der Waals surface area contributed by atoms with Crippen LogP contribution in [0.4, 0.5) is 0 Å². The maximum atomic E-state index is 11.9. The monoisotopic (exact) mass is 198 g/mol. The van der Waals surface area contributed by atoms with E-state index in [0.717, 1.165) is 25.9 Å². The summed E-state index contributed by atoms with van der Waals surface area (Å²) in [5.74, 6) is 0.172. The molecule has 14 heavy (non-hydrogen) atoms. The zero-order chi connectivity index (χ0) is 10.8. The first-order chi connectivity index (χ1) is 6.40. The molecule has 0 spiro atoms. The molecule has 82 valence electrons. The standard InChI is InChI=1S/C11H22N2O/c1-5-10(2,3)9(14)13-11(4)6-7-12-8-11/h12H,5-8H2,1-4H3,(H,13,14). The lowest BCUT2D eigenvalue weighted by Gasteiger charge is -2.30. The second-order valence-electron chi connectivity index (χ2n) is 5.18. The van der Waals surface area contributed by atoms with Crippen molar-refractivity contribution >= 4 is 5.91 Å². The van der Waals surface area contributed by atoms with Gasteiger partial charge in [0, 0.05) is 12.0 Å². The summed E-state index contributed by atoms with van der Waals surface area (Å²) in [6.45, 7) is 10.0. The quantitative estimate of drug-likeness (QED) is 0.717.